The van der Waals surface area contributed by atoms with Crippen molar-refractivity contribution in [2.24, 2.45) is 0 Å². The summed E-state index contributed by atoms with van der Waals surface area (Å²) in [6.45, 7) is 3.22. The molecule has 0 saturated carbocycles. The molecule has 1 aliphatic heterocycles. The summed E-state index contributed by atoms with van der Waals surface area (Å²) in [6, 6.07) is 7.01. The first-order chi connectivity index (χ1) is 10.6. The van der Waals surface area contributed by atoms with Crippen LogP contribution in [0.2, 0.25) is 0 Å². The van der Waals surface area contributed by atoms with Crippen LogP contribution < -0.4 is 0 Å². The van der Waals surface area contributed by atoms with Gasteiger partial charge < -0.3 is 4.90 Å². The van der Waals surface area contributed by atoms with E-state index in [1.54, 1.807) is 19.2 Å². The zero-order chi connectivity index (χ0) is 15.5. The number of aromatic amines is 1. The Morgan fingerprint density at radius 1 is 1.36 bits per heavy atom. The summed E-state index contributed by atoms with van der Waals surface area (Å²) in [6.07, 6.45) is 3.91. The molecule has 4 nitrogen and oxygen atoms in total. The zero-order valence-corrected chi connectivity index (χ0v) is 12.7. The van der Waals surface area contributed by atoms with Gasteiger partial charge in [-0.3, -0.25) is 9.89 Å². The topological polar surface area (TPSA) is 49.0 Å². The molecule has 0 atom stereocenters. The average Bonchev–Trinajstić information content (AvgIpc) is 3.05. The summed E-state index contributed by atoms with van der Waals surface area (Å²) >= 11 is 0. The molecule has 0 spiro atoms. The summed E-state index contributed by atoms with van der Waals surface area (Å²) in [5.41, 5.74) is 2.49. The summed E-state index contributed by atoms with van der Waals surface area (Å²) in [4.78, 5) is 14.2. The van der Waals surface area contributed by atoms with Crippen LogP contribution in [0.5, 0.6) is 0 Å². The normalized spacial score (nSPS) is 16.0. The van der Waals surface area contributed by atoms with Crippen LogP contribution in [0, 0.1) is 12.7 Å². The Kier molecular flexibility index (Phi) is 4.22. The molecule has 0 bridgehead atoms. The number of aromatic nitrogens is 2. The third-order valence-corrected chi connectivity index (χ3v) is 4.40. The van der Waals surface area contributed by atoms with Gasteiger partial charge in [-0.05, 0) is 43.0 Å². The Hall–Kier alpha value is -2.17. The Balaban J connectivity index is 1.56. The molecule has 1 aliphatic rings. The summed E-state index contributed by atoms with van der Waals surface area (Å²) < 4.78 is 13.5. The number of piperidine rings is 1. The minimum absolute atomic E-state index is 0.0753. The highest BCUT2D eigenvalue weighted by molar-refractivity contribution is 5.78. The van der Waals surface area contributed by atoms with E-state index in [2.05, 4.69) is 10.2 Å². The second-order valence-electron chi connectivity index (χ2n) is 5.93. The standard InChI is InChI=1S/C17H20FN3O/c1-12-2-3-13(10-15(12)18)11-17(22)21-8-5-14(6-9-21)16-4-7-19-20-16/h2-4,7,10,14H,5-6,8-9,11H2,1H3,(H,19,20). The predicted octanol–water partition coefficient (Wildman–Crippen LogP) is 2.81. The molecule has 1 N–H and O–H groups in total. The van der Waals surface area contributed by atoms with Gasteiger partial charge in [0, 0.05) is 30.9 Å². The number of H-pyrrole nitrogens is 1. The van der Waals surface area contributed by atoms with Gasteiger partial charge in [0.25, 0.3) is 0 Å². The fourth-order valence-corrected chi connectivity index (χ4v) is 2.97. The smallest absolute Gasteiger partial charge is 0.226 e. The van der Waals surface area contributed by atoms with Gasteiger partial charge in [0.05, 0.1) is 6.42 Å². The van der Waals surface area contributed by atoms with E-state index in [9.17, 15) is 9.18 Å². The molecule has 2 heterocycles. The molecular formula is C17H20FN3O. The maximum absolute atomic E-state index is 13.5. The first-order valence-electron chi connectivity index (χ1n) is 7.65. The Bertz CT molecular complexity index is 646. The number of carbonyl (C=O) groups is 1. The number of hydrogen-bond acceptors (Lipinski definition) is 2. The molecule has 2 aromatic rings. The highest BCUT2D eigenvalue weighted by atomic mass is 19.1. The summed E-state index contributed by atoms with van der Waals surface area (Å²) in [5.74, 6) is 0.276. The van der Waals surface area contributed by atoms with Gasteiger partial charge in [0.2, 0.25) is 5.91 Å². The number of nitrogens with one attached hydrogen (secondary N) is 1. The average molecular weight is 301 g/mol. The van der Waals surface area contributed by atoms with Gasteiger partial charge in [-0.2, -0.15) is 5.10 Å². The van der Waals surface area contributed by atoms with Crippen molar-refractivity contribution in [3.63, 3.8) is 0 Å². The number of aryl methyl sites for hydroxylation is 1. The van der Waals surface area contributed by atoms with Crippen molar-refractivity contribution in [3.8, 4) is 0 Å². The van der Waals surface area contributed by atoms with Crippen molar-refractivity contribution >= 4 is 5.91 Å². The van der Waals surface area contributed by atoms with Crippen molar-refractivity contribution < 1.29 is 9.18 Å². The number of hydrogen-bond donors (Lipinski definition) is 1. The molecule has 1 amide bonds. The first kappa shape index (κ1) is 14.8. The Labute approximate surface area is 129 Å². The lowest BCUT2D eigenvalue weighted by Crippen LogP contribution is -2.38. The lowest BCUT2D eigenvalue weighted by atomic mass is 9.93. The van der Waals surface area contributed by atoms with E-state index < -0.39 is 0 Å². The molecule has 22 heavy (non-hydrogen) atoms. The molecule has 116 valence electrons. The van der Waals surface area contributed by atoms with Gasteiger partial charge in [-0.1, -0.05) is 12.1 Å². The zero-order valence-electron chi connectivity index (χ0n) is 12.7. The molecule has 5 heteroatoms. The maximum atomic E-state index is 13.5. The highest BCUT2D eigenvalue weighted by Gasteiger charge is 2.24. The van der Waals surface area contributed by atoms with E-state index in [0.29, 0.717) is 11.5 Å². The molecule has 3 rings (SSSR count). The molecule has 1 aromatic heterocycles. The fourth-order valence-electron chi connectivity index (χ4n) is 2.97. The van der Waals surface area contributed by atoms with Crippen molar-refractivity contribution in [1.82, 2.24) is 15.1 Å². The molecule has 1 aromatic carbocycles. The van der Waals surface area contributed by atoms with E-state index in [-0.39, 0.29) is 18.1 Å². The van der Waals surface area contributed by atoms with E-state index >= 15 is 0 Å². The number of halogens is 1. The van der Waals surface area contributed by atoms with Crippen LogP contribution in [0.15, 0.2) is 30.5 Å². The third kappa shape index (κ3) is 3.18. The maximum Gasteiger partial charge on any atom is 0.226 e. The molecule has 1 saturated heterocycles. The van der Waals surface area contributed by atoms with E-state index in [4.69, 9.17) is 0 Å². The quantitative estimate of drug-likeness (QED) is 0.947. The monoisotopic (exact) mass is 301 g/mol. The number of likely N-dealkylation sites (tertiary alicyclic amines) is 1. The van der Waals surface area contributed by atoms with E-state index in [1.165, 1.54) is 6.07 Å². The van der Waals surface area contributed by atoms with E-state index in [0.717, 1.165) is 37.2 Å². The van der Waals surface area contributed by atoms with Crippen LogP contribution in [0.1, 0.15) is 35.6 Å². The summed E-state index contributed by atoms with van der Waals surface area (Å²) in [5, 5.41) is 6.99. The van der Waals surface area contributed by atoms with Gasteiger partial charge in [-0.15, -0.1) is 0 Å². The van der Waals surface area contributed by atoms with Crippen LogP contribution in [-0.4, -0.2) is 34.1 Å². The van der Waals surface area contributed by atoms with Gasteiger partial charge in [0.15, 0.2) is 0 Å². The number of carbonyl (C=O) groups excluding carboxylic acids is 1. The molecule has 1 fully saturated rings. The second-order valence-corrected chi connectivity index (χ2v) is 5.93. The predicted molar refractivity (Wildman–Crippen MR) is 82.0 cm³/mol. The molecule has 0 unspecified atom stereocenters. The Morgan fingerprint density at radius 3 is 2.77 bits per heavy atom. The van der Waals surface area contributed by atoms with Crippen LogP contribution in [0.25, 0.3) is 0 Å². The van der Waals surface area contributed by atoms with Gasteiger partial charge >= 0.3 is 0 Å². The minimum Gasteiger partial charge on any atom is -0.342 e. The van der Waals surface area contributed by atoms with Crippen LogP contribution in [-0.2, 0) is 11.2 Å². The van der Waals surface area contributed by atoms with Gasteiger partial charge in [-0.25, -0.2) is 4.39 Å². The number of rotatable bonds is 3. The summed E-state index contributed by atoms with van der Waals surface area (Å²) in [7, 11) is 0. The Morgan fingerprint density at radius 2 is 2.14 bits per heavy atom. The third-order valence-electron chi connectivity index (χ3n) is 4.40. The second kappa shape index (κ2) is 6.30. The van der Waals surface area contributed by atoms with Gasteiger partial charge in [0.1, 0.15) is 5.82 Å². The lowest BCUT2D eigenvalue weighted by Gasteiger charge is -2.31. The van der Waals surface area contributed by atoms with Crippen molar-refractivity contribution in [2.45, 2.75) is 32.1 Å². The first-order valence-corrected chi connectivity index (χ1v) is 7.65. The fraction of sp³-hybridized carbons (Fsp3) is 0.412. The van der Waals surface area contributed by atoms with Crippen LogP contribution in [0.3, 0.4) is 0 Å². The minimum atomic E-state index is -0.247. The molecular weight excluding hydrogens is 281 g/mol. The van der Waals surface area contributed by atoms with Crippen molar-refractivity contribution in [1.29, 1.82) is 0 Å². The number of nitrogens with zero attached hydrogens (tertiary/aromatic N) is 2. The number of benzene rings is 1. The number of amides is 1. The highest BCUT2D eigenvalue weighted by Crippen LogP contribution is 2.26. The SMILES string of the molecule is Cc1ccc(CC(=O)N2CCC(c3ccn[nH]3)CC2)cc1F. The van der Waals surface area contributed by atoms with Crippen molar-refractivity contribution in [3.05, 3.63) is 53.1 Å². The van der Waals surface area contributed by atoms with Crippen LogP contribution >= 0.6 is 0 Å². The van der Waals surface area contributed by atoms with Crippen LogP contribution in [0.4, 0.5) is 4.39 Å². The van der Waals surface area contributed by atoms with Crippen molar-refractivity contribution in [2.75, 3.05) is 13.1 Å². The largest absolute Gasteiger partial charge is 0.342 e. The molecule has 0 radical (unpaired) electrons. The molecule has 0 aliphatic carbocycles. The lowest BCUT2D eigenvalue weighted by molar-refractivity contribution is -0.131. The van der Waals surface area contributed by atoms with E-state index in [1.807, 2.05) is 17.0 Å².